The van der Waals surface area contributed by atoms with Gasteiger partial charge in [-0.25, -0.2) is 0 Å². The van der Waals surface area contributed by atoms with Crippen LogP contribution in [-0.4, -0.2) is 45.8 Å². The van der Waals surface area contributed by atoms with Crippen molar-refractivity contribution < 1.29 is 4.79 Å². The van der Waals surface area contributed by atoms with E-state index in [0.29, 0.717) is 17.6 Å². The van der Waals surface area contributed by atoms with Crippen LogP contribution < -0.4 is 5.32 Å². The SMILES string of the molecule is Cn1cc(C(=O)NC2CCN3CCCCC23)cn1. The van der Waals surface area contributed by atoms with Crippen LogP contribution in [0, 0.1) is 0 Å². The number of aromatic nitrogens is 2. The molecule has 2 aliphatic heterocycles. The summed E-state index contributed by atoms with van der Waals surface area (Å²) < 4.78 is 1.66. The number of carbonyl (C=O) groups is 1. The van der Waals surface area contributed by atoms with Gasteiger partial charge in [-0.2, -0.15) is 5.10 Å². The number of carbonyl (C=O) groups excluding carboxylic acids is 1. The van der Waals surface area contributed by atoms with Crippen LogP contribution in [0.1, 0.15) is 36.0 Å². The fourth-order valence-electron chi connectivity index (χ4n) is 3.21. The Balaban J connectivity index is 1.64. The zero-order valence-corrected chi connectivity index (χ0v) is 10.8. The molecule has 2 aliphatic rings. The number of hydrogen-bond acceptors (Lipinski definition) is 3. The molecule has 5 nitrogen and oxygen atoms in total. The van der Waals surface area contributed by atoms with Crippen LogP contribution in [-0.2, 0) is 7.05 Å². The van der Waals surface area contributed by atoms with Crippen LogP contribution in [0.4, 0.5) is 0 Å². The lowest BCUT2D eigenvalue weighted by Gasteiger charge is -2.32. The van der Waals surface area contributed by atoms with Crippen molar-refractivity contribution in [2.24, 2.45) is 7.05 Å². The van der Waals surface area contributed by atoms with Gasteiger partial charge in [-0.1, -0.05) is 6.42 Å². The molecule has 2 saturated heterocycles. The Labute approximate surface area is 107 Å². The smallest absolute Gasteiger partial charge is 0.254 e. The Morgan fingerprint density at radius 3 is 3.06 bits per heavy atom. The van der Waals surface area contributed by atoms with Crippen molar-refractivity contribution in [1.82, 2.24) is 20.0 Å². The maximum atomic E-state index is 12.1. The zero-order valence-electron chi connectivity index (χ0n) is 10.8. The maximum absolute atomic E-state index is 12.1. The van der Waals surface area contributed by atoms with Crippen molar-refractivity contribution in [1.29, 1.82) is 0 Å². The molecule has 1 aromatic rings. The third kappa shape index (κ3) is 2.14. The number of fused-ring (bicyclic) bond motifs is 1. The van der Waals surface area contributed by atoms with Gasteiger partial charge in [0.15, 0.2) is 0 Å². The van der Waals surface area contributed by atoms with E-state index in [0.717, 1.165) is 13.0 Å². The molecular formula is C13H20N4O. The number of amides is 1. The van der Waals surface area contributed by atoms with E-state index >= 15 is 0 Å². The molecule has 18 heavy (non-hydrogen) atoms. The predicted molar refractivity (Wildman–Crippen MR) is 68.3 cm³/mol. The summed E-state index contributed by atoms with van der Waals surface area (Å²) in [6.07, 6.45) is 8.29. The molecule has 1 N–H and O–H groups in total. The molecule has 0 aromatic carbocycles. The van der Waals surface area contributed by atoms with Gasteiger partial charge in [0.05, 0.1) is 11.8 Å². The Kier molecular flexibility index (Phi) is 3.07. The van der Waals surface area contributed by atoms with Crippen molar-refractivity contribution in [3.63, 3.8) is 0 Å². The summed E-state index contributed by atoms with van der Waals surface area (Å²) in [5, 5.41) is 7.21. The fraction of sp³-hybridized carbons (Fsp3) is 0.692. The minimum Gasteiger partial charge on any atom is -0.348 e. The standard InChI is InChI=1S/C13H20N4O/c1-16-9-10(8-14-16)13(18)15-11-5-7-17-6-3-2-4-12(11)17/h8-9,11-12H,2-7H2,1H3,(H,15,18). The third-order valence-corrected chi connectivity index (χ3v) is 4.14. The predicted octanol–water partition coefficient (Wildman–Crippen LogP) is 0.777. The van der Waals surface area contributed by atoms with Crippen LogP contribution in [0.15, 0.2) is 12.4 Å². The molecule has 0 bridgehead atoms. The Bertz CT molecular complexity index is 442. The lowest BCUT2D eigenvalue weighted by Crippen LogP contribution is -2.46. The van der Waals surface area contributed by atoms with Gasteiger partial charge in [-0.3, -0.25) is 14.4 Å². The molecule has 2 unspecified atom stereocenters. The average Bonchev–Trinajstić information content (AvgIpc) is 2.97. The first-order chi connectivity index (χ1) is 8.74. The summed E-state index contributed by atoms with van der Waals surface area (Å²) in [5.74, 6) is 0.0144. The second kappa shape index (κ2) is 4.72. The van der Waals surface area contributed by atoms with Crippen LogP contribution >= 0.6 is 0 Å². The summed E-state index contributed by atoms with van der Waals surface area (Å²) in [7, 11) is 1.83. The molecule has 1 amide bonds. The first-order valence-corrected chi connectivity index (χ1v) is 6.77. The van der Waals surface area contributed by atoms with E-state index in [4.69, 9.17) is 0 Å². The Morgan fingerprint density at radius 2 is 2.28 bits per heavy atom. The highest BCUT2D eigenvalue weighted by atomic mass is 16.1. The van der Waals surface area contributed by atoms with Crippen LogP contribution in [0.25, 0.3) is 0 Å². The topological polar surface area (TPSA) is 50.2 Å². The van der Waals surface area contributed by atoms with Crippen LogP contribution in [0.5, 0.6) is 0 Å². The molecule has 3 rings (SSSR count). The van der Waals surface area contributed by atoms with Gasteiger partial charge in [0.1, 0.15) is 0 Å². The van der Waals surface area contributed by atoms with Crippen LogP contribution in [0.3, 0.4) is 0 Å². The van der Waals surface area contributed by atoms with Gasteiger partial charge in [0.25, 0.3) is 5.91 Å². The van der Waals surface area contributed by atoms with Gasteiger partial charge in [-0.05, 0) is 25.8 Å². The van der Waals surface area contributed by atoms with Crippen LogP contribution in [0.2, 0.25) is 0 Å². The highest BCUT2D eigenvalue weighted by Crippen LogP contribution is 2.27. The van der Waals surface area contributed by atoms with Crippen molar-refractivity contribution in [3.8, 4) is 0 Å². The largest absolute Gasteiger partial charge is 0.348 e. The van der Waals surface area contributed by atoms with E-state index in [1.54, 1.807) is 17.1 Å². The normalized spacial score (nSPS) is 28.1. The van der Waals surface area contributed by atoms with Gasteiger partial charge in [-0.15, -0.1) is 0 Å². The number of piperidine rings is 1. The molecule has 2 atom stereocenters. The fourth-order valence-corrected chi connectivity index (χ4v) is 3.21. The Morgan fingerprint density at radius 1 is 1.39 bits per heavy atom. The number of nitrogens with zero attached hydrogens (tertiary/aromatic N) is 3. The van der Waals surface area contributed by atoms with Crippen molar-refractivity contribution in [2.45, 2.75) is 37.8 Å². The molecule has 5 heteroatoms. The van der Waals surface area contributed by atoms with Gasteiger partial charge >= 0.3 is 0 Å². The van der Waals surface area contributed by atoms with E-state index in [2.05, 4.69) is 15.3 Å². The lowest BCUT2D eigenvalue weighted by atomic mass is 9.99. The summed E-state index contributed by atoms with van der Waals surface area (Å²) in [4.78, 5) is 14.6. The minimum absolute atomic E-state index is 0.0144. The highest BCUT2D eigenvalue weighted by molar-refractivity contribution is 5.93. The van der Waals surface area contributed by atoms with Crippen molar-refractivity contribution in [2.75, 3.05) is 13.1 Å². The van der Waals surface area contributed by atoms with Gasteiger partial charge < -0.3 is 5.32 Å². The third-order valence-electron chi connectivity index (χ3n) is 4.14. The molecule has 0 aliphatic carbocycles. The molecule has 0 saturated carbocycles. The first kappa shape index (κ1) is 11.7. The minimum atomic E-state index is 0.0144. The monoisotopic (exact) mass is 248 g/mol. The number of aryl methyl sites for hydroxylation is 1. The molecule has 98 valence electrons. The second-order valence-electron chi connectivity index (χ2n) is 5.37. The summed E-state index contributed by atoms with van der Waals surface area (Å²) in [6, 6.07) is 0.873. The Hall–Kier alpha value is -1.36. The van der Waals surface area contributed by atoms with E-state index in [9.17, 15) is 4.79 Å². The highest BCUT2D eigenvalue weighted by Gasteiger charge is 2.36. The van der Waals surface area contributed by atoms with Crippen molar-refractivity contribution in [3.05, 3.63) is 18.0 Å². The van der Waals surface area contributed by atoms with E-state index in [-0.39, 0.29) is 5.91 Å². The summed E-state index contributed by atoms with van der Waals surface area (Å²) >= 11 is 0. The molecule has 2 fully saturated rings. The number of hydrogen-bond donors (Lipinski definition) is 1. The second-order valence-corrected chi connectivity index (χ2v) is 5.37. The van der Waals surface area contributed by atoms with E-state index < -0.39 is 0 Å². The summed E-state index contributed by atoms with van der Waals surface area (Å²) in [5.41, 5.74) is 0.659. The molecule has 0 radical (unpaired) electrons. The first-order valence-electron chi connectivity index (χ1n) is 6.77. The molecule has 1 aromatic heterocycles. The quantitative estimate of drug-likeness (QED) is 0.841. The van der Waals surface area contributed by atoms with Gasteiger partial charge in [0.2, 0.25) is 0 Å². The molecule has 0 spiro atoms. The van der Waals surface area contributed by atoms with E-state index in [1.165, 1.54) is 25.8 Å². The average molecular weight is 248 g/mol. The van der Waals surface area contributed by atoms with Crippen molar-refractivity contribution >= 4 is 5.91 Å². The zero-order chi connectivity index (χ0) is 12.5. The van der Waals surface area contributed by atoms with E-state index in [1.807, 2.05) is 7.05 Å². The number of nitrogens with one attached hydrogen (secondary N) is 1. The maximum Gasteiger partial charge on any atom is 0.254 e. The summed E-state index contributed by atoms with van der Waals surface area (Å²) in [6.45, 7) is 2.33. The molecular weight excluding hydrogens is 228 g/mol. The molecule has 3 heterocycles. The van der Waals surface area contributed by atoms with Gasteiger partial charge in [0, 0.05) is 31.9 Å². The lowest BCUT2D eigenvalue weighted by molar-refractivity contribution is 0.0915. The number of rotatable bonds is 2.